The number of amides is 2. The van der Waals surface area contributed by atoms with Gasteiger partial charge in [-0.2, -0.15) is 4.31 Å². The lowest BCUT2D eigenvalue weighted by Gasteiger charge is -2.30. The topological polar surface area (TPSA) is 384 Å². The Balaban J connectivity index is 1.22. The molecule has 2 aromatic rings. The molecule has 4 rings (SSSR count). The molecule has 0 bridgehead atoms. The molecule has 29 heteroatoms. The minimum atomic E-state index is -5.58. The van der Waals surface area contributed by atoms with Crippen LogP contribution in [0.15, 0.2) is 24.3 Å². The standard InChI is InChI=1S/C28H44N7O18P3S/c1-28(2,22(39)25(40)31-8-7-18(37)30-9-10-57-27(41)15-5-3-4-6-16(15)36)12-50-56(47,48)53-55(45,46)49-11-17-21(52-54(42,43)44)20(38)26(51-17)35-14-34-19-23(29)32-13-33-24(19)35/h5,13-14,16-17,20-22,26,36,38-39H,3-4,6-12H2,1-2H3,(H,30,37)(H,31,40)(H,45,46)(H,47,48)(H2,29,32,33)(H2,42,43,44)/t16?,17-,20-,21-,22?,26-/m1/s1. The van der Waals surface area contributed by atoms with E-state index in [2.05, 4.69) is 34.4 Å². The van der Waals surface area contributed by atoms with Crippen molar-refractivity contribution in [3.63, 3.8) is 0 Å². The molecule has 8 atom stereocenters. The molecule has 320 valence electrons. The van der Waals surface area contributed by atoms with Gasteiger partial charge in [-0.15, -0.1) is 0 Å². The molecule has 2 amide bonds. The summed E-state index contributed by atoms with van der Waals surface area (Å²) in [7, 11) is -16.4. The lowest BCUT2D eigenvalue weighted by Crippen LogP contribution is -2.46. The van der Waals surface area contributed by atoms with Gasteiger partial charge in [0.2, 0.25) is 16.9 Å². The third-order valence-electron chi connectivity index (χ3n) is 8.38. The number of hydrogen-bond acceptors (Lipinski definition) is 19. The number of ether oxygens (including phenoxy) is 1. The number of aliphatic hydroxyl groups is 3. The number of phosphoric ester groups is 3. The van der Waals surface area contributed by atoms with E-state index in [-0.39, 0.29) is 47.4 Å². The Morgan fingerprint density at radius 1 is 1.07 bits per heavy atom. The molecule has 0 saturated carbocycles. The van der Waals surface area contributed by atoms with Crippen molar-refractivity contribution >= 4 is 69.1 Å². The molecule has 11 N–H and O–H groups in total. The predicted molar refractivity (Wildman–Crippen MR) is 195 cm³/mol. The number of hydrogen-bond donors (Lipinski definition) is 10. The maximum absolute atomic E-state index is 12.7. The quantitative estimate of drug-likeness (QED) is 0.0571. The summed E-state index contributed by atoms with van der Waals surface area (Å²) in [5.41, 5.74) is 4.59. The minimum Gasteiger partial charge on any atom is -0.388 e. The molecular formula is C28H44N7O18P3S. The highest BCUT2D eigenvalue weighted by molar-refractivity contribution is 8.14. The Labute approximate surface area is 328 Å². The summed E-state index contributed by atoms with van der Waals surface area (Å²) in [5, 5.41) is 36.0. The van der Waals surface area contributed by atoms with Crippen molar-refractivity contribution in [2.45, 2.75) is 76.3 Å². The van der Waals surface area contributed by atoms with Crippen molar-refractivity contribution in [1.82, 2.24) is 30.2 Å². The number of carbonyl (C=O) groups is 3. The van der Waals surface area contributed by atoms with E-state index in [1.54, 1.807) is 6.08 Å². The summed E-state index contributed by atoms with van der Waals surface area (Å²) >= 11 is 0.952. The van der Waals surface area contributed by atoms with E-state index >= 15 is 0 Å². The lowest BCUT2D eigenvalue weighted by molar-refractivity contribution is -0.137. The van der Waals surface area contributed by atoms with Gasteiger partial charge in [-0.25, -0.2) is 28.6 Å². The fourth-order valence-electron chi connectivity index (χ4n) is 5.44. The Bertz CT molecular complexity index is 1950. The third kappa shape index (κ3) is 13.4. The van der Waals surface area contributed by atoms with Crippen LogP contribution >= 0.6 is 35.2 Å². The van der Waals surface area contributed by atoms with E-state index in [0.29, 0.717) is 18.4 Å². The largest absolute Gasteiger partial charge is 0.481 e. The van der Waals surface area contributed by atoms with E-state index in [9.17, 15) is 63.0 Å². The summed E-state index contributed by atoms with van der Waals surface area (Å²) in [4.78, 5) is 87.9. The van der Waals surface area contributed by atoms with Crippen LogP contribution in [0.3, 0.4) is 0 Å². The van der Waals surface area contributed by atoms with Crippen LogP contribution in [0.2, 0.25) is 0 Å². The number of nitrogens with two attached hydrogens (primary N) is 1. The van der Waals surface area contributed by atoms with Gasteiger partial charge in [-0.3, -0.25) is 32.5 Å². The van der Waals surface area contributed by atoms with Crippen LogP contribution in [0, 0.1) is 5.41 Å². The molecular weight excluding hydrogens is 847 g/mol. The molecule has 1 saturated heterocycles. The van der Waals surface area contributed by atoms with Crippen LogP contribution in [0.25, 0.3) is 11.2 Å². The number of allylic oxidation sites excluding steroid dienone is 1. The smallest absolute Gasteiger partial charge is 0.388 e. The zero-order valence-electron chi connectivity index (χ0n) is 30.3. The number of phosphoric acid groups is 3. The highest BCUT2D eigenvalue weighted by Crippen LogP contribution is 2.61. The van der Waals surface area contributed by atoms with Crippen molar-refractivity contribution < 1.29 is 85.6 Å². The molecule has 0 radical (unpaired) electrons. The van der Waals surface area contributed by atoms with E-state index in [4.69, 9.17) is 19.5 Å². The monoisotopic (exact) mass is 891 g/mol. The average Bonchev–Trinajstić information content (AvgIpc) is 3.68. The number of aliphatic hydroxyl groups excluding tert-OH is 3. The SMILES string of the molecule is CC(C)(COP(=O)(O)OP(=O)(O)OC[C@H]1O[C@@H](n2cnc3c(N)ncnc32)[C@H](O)[C@@H]1OP(=O)(O)O)C(O)C(=O)NCCC(=O)NCCSC(=O)C1=CCCCC1O. The van der Waals surface area contributed by atoms with Gasteiger partial charge >= 0.3 is 23.5 Å². The van der Waals surface area contributed by atoms with Crippen molar-refractivity contribution in [1.29, 1.82) is 0 Å². The second kappa shape index (κ2) is 19.5. The first kappa shape index (κ1) is 46.9. The second-order valence-electron chi connectivity index (χ2n) is 13.3. The number of fused-ring (bicyclic) bond motifs is 1. The van der Waals surface area contributed by atoms with Crippen molar-refractivity contribution in [2.75, 3.05) is 37.8 Å². The number of aromatic nitrogens is 4. The number of rotatable bonds is 20. The first-order chi connectivity index (χ1) is 26.5. The van der Waals surface area contributed by atoms with E-state index in [0.717, 1.165) is 35.4 Å². The van der Waals surface area contributed by atoms with Crippen LogP contribution in [-0.4, -0.2) is 134 Å². The molecule has 25 nitrogen and oxygen atoms in total. The molecule has 0 aromatic carbocycles. The van der Waals surface area contributed by atoms with Crippen molar-refractivity contribution in [2.24, 2.45) is 5.41 Å². The minimum absolute atomic E-state index is 0.0262. The predicted octanol–water partition coefficient (Wildman–Crippen LogP) is -0.864. The number of nitrogen functional groups attached to an aromatic ring is 1. The molecule has 0 spiro atoms. The number of nitrogens with zero attached hydrogens (tertiary/aromatic N) is 4. The molecule has 2 aliphatic rings. The van der Waals surface area contributed by atoms with Crippen LogP contribution in [0.1, 0.15) is 45.8 Å². The van der Waals surface area contributed by atoms with Gasteiger partial charge in [0, 0.05) is 36.3 Å². The first-order valence-corrected chi connectivity index (χ1v) is 22.4. The first-order valence-electron chi connectivity index (χ1n) is 16.9. The summed E-state index contributed by atoms with van der Waals surface area (Å²) in [6, 6.07) is 0. The number of thioether (sulfide) groups is 1. The van der Waals surface area contributed by atoms with Gasteiger partial charge in [-0.1, -0.05) is 31.7 Å². The number of carbonyl (C=O) groups excluding carboxylic acids is 3. The van der Waals surface area contributed by atoms with Gasteiger partial charge in [0.15, 0.2) is 17.7 Å². The molecule has 3 heterocycles. The molecule has 1 fully saturated rings. The highest BCUT2D eigenvalue weighted by Gasteiger charge is 2.50. The van der Waals surface area contributed by atoms with E-state index in [1.807, 2.05) is 0 Å². The molecule has 1 aliphatic carbocycles. The summed E-state index contributed by atoms with van der Waals surface area (Å²) < 4.78 is 62.1. The zero-order chi connectivity index (χ0) is 42.3. The Kier molecular flexibility index (Phi) is 16.1. The van der Waals surface area contributed by atoms with Crippen LogP contribution in [0.5, 0.6) is 0 Å². The number of anilines is 1. The molecule has 4 unspecified atom stereocenters. The van der Waals surface area contributed by atoms with E-state index in [1.165, 1.54) is 13.8 Å². The molecule has 2 aromatic heterocycles. The molecule has 1 aliphatic heterocycles. The zero-order valence-corrected chi connectivity index (χ0v) is 33.8. The maximum atomic E-state index is 12.7. The van der Waals surface area contributed by atoms with Crippen molar-refractivity contribution in [3.8, 4) is 0 Å². The summed E-state index contributed by atoms with van der Waals surface area (Å²) in [6.45, 7) is 0.357. The fraction of sp³-hybridized carbons (Fsp3) is 0.643. The van der Waals surface area contributed by atoms with Crippen LogP contribution in [-0.2, 0) is 50.7 Å². The Morgan fingerprint density at radius 2 is 1.77 bits per heavy atom. The molecule has 57 heavy (non-hydrogen) atoms. The van der Waals surface area contributed by atoms with Crippen molar-refractivity contribution in [3.05, 3.63) is 24.3 Å². The van der Waals surface area contributed by atoms with Gasteiger partial charge in [0.25, 0.3) is 0 Å². The Hall–Kier alpha value is -2.74. The van der Waals surface area contributed by atoms with Gasteiger partial charge in [0.05, 0.1) is 25.6 Å². The lowest BCUT2D eigenvalue weighted by atomic mass is 9.87. The van der Waals surface area contributed by atoms with Crippen LogP contribution in [0.4, 0.5) is 5.82 Å². The van der Waals surface area contributed by atoms with Gasteiger partial charge in [-0.05, 0) is 19.3 Å². The van der Waals surface area contributed by atoms with Gasteiger partial charge in [0.1, 0.15) is 36.3 Å². The third-order valence-corrected chi connectivity index (χ3v) is 12.4. The summed E-state index contributed by atoms with van der Waals surface area (Å²) in [6.07, 6.45) is -4.07. The normalized spacial score (nSPS) is 24.3. The maximum Gasteiger partial charge on any atom is 0.481 e. The Morgan fingerprint density at radius 3 is 2.46 bits per heavy atom. The van der Waals surface area contributed by atoms with Crippen LogP contribution < -0.4 is 16.4 Å². The summed E-state index contributed by atoms with van der Waals surface area (Å²) in [5.74, 6) is -1.27. The second-order valence-corrected chi connectivity index (χ2v) is 18.6. The average molecular weight is 892 g/mol. The van der Waals surface area contributed by atoms with E-state index < -0.39 is 90.7 Å². The number of nitrogens with one attached hydrogen (secondary N) is 2. The number of imidazole rings is 1. The van der Waals surface area contributed by atoms with Gasteiger partial charge < -0.3 is 56.0 Å². The fourth-order valence-corrected chi connectivity index (χ4v) is 9.04. The highest BCUT2D eigenvalue weighted by atomic mass is 32.2.